The molecular weight excluding hydrogens is 328 g/mol. The van der Waals surface area contributed by atoms with E-state index in [2.05, 4.69) is 39.2 Å². The third-order valence-corrected chi connectivity index (χ3v) is 5.69. The molecule has 3 aromatic rings. The molecule has 2 fully saturated rings. The van der Waals surface area contributed by atoms with Crippen molar-refractivity contribution in [1.82, 2.24) is 19.5 Å². The third-order valence-electron chi connectivity index (χ3n) is 5.69. The van der Waals surface area contributed by atoms with Gasteiger partial charge in [-0.3, -0.25) is 4.90 Å². The number of aliphatic hydroxyl groups is 1. The molecule has 6 heteroatoms. The molecule has 0 radical (unpaired) electrons. The van der Waals surface area contributed by atoms with Gasteiger partial charge in [0.2, 0.25) is 0 Å². The average Bonchev–Trinajstić information content (AvgIpc) is 3.09. The van der Waals surface area contributed by atoms with Gasteiger partial charge in [0.1, 0.15) is 0 Å². The molecular formula is C20H22N4O2. The first-order valence-corrected chi connectivity index (χ1v) is 9.12. The summed E-state index contributed by atoms with van der Waals surface area (Å²) in [6, 6.07) is 12.7. The molecule has 4 heterocycles. The lowest BCUT2D eigenvalue weighted by molar-refractivity contribution is -0.149. The van der Waals surface area contributed by atoms with Crippen molar-refractivity contribution in [3.05, 3.63) is 66.1 Å². The first-order chi connectivity index (χ1) is 12.7. The zero-order chi connectivity index (χ0) is 17.6. The Hall–Kier alpha value is -2.28. The molecule has 1 N–H and O–H groups in total. The van der Waals surface area contributed by atoms with E-state index in [-0.39, 0.29) is 12.1 Å². The van der Waals surface area contributed by atoms with E-state index in [0.29, 0.717) is 26.1 Å². The Morgan fingerprint density at radius 1 is 1.12 bits per heavy atom. The predicted molar refractivity (Wildman–Crippen MR) is 96.5 cm³/mol. The van der Waals surface area contributed by atoms with Crippen LogP contribution in [0.4, 0.5) is 0 Å². The third kappa shape index (κ3) is 2.61. The number of morpholine rings is 1. The SMILES string of the molecule is OC1(c2cnn3cccnc23)CC2COCC(C1)N2Cc1ccccc1. The standard InChI is InChI=1S/C20H22N4O2/c25-20(18-11-22-24-8-4-7-21-19(18)24)9-16-13-26-14-17(10-20)23(16)12-15-5-2-1-3-6-15/h1-8,11,16-17,25H,9-10,12-14H2. The molecule has 0 saturated carbocycles. The minimum absolute atomic E-state index is 0.186. The van der Waals surface area contributed by atoms with Gasteiger partial charge >= 0.3 is 0 Å². The van der Waals surface area contributed by atoms with Crippen molar-refractivity contribution >= 4 is 5.65 Å². The molecule has 0 spiro atoms. The number of aromatic nitrogens is 3. The first-order valence-electron chi connectivity index (χ1n) is 9.12. The molecule has 5 rings (SSSR count). The lowest BCUT2D eigenvalue weighted by Crippen LogP contribution is -2.60. The van der Waals surface area contributed by atoms with Gasteiger partial charge in [0.05, 0.1) is 25.0 Å². The molecule has 0 amide bonds. The molecule has 0 aliphatic carbocycles. The lowest BCUT2D eigenvalue weighted by atomic mass is 9.77. The van der Waals surface area contributed by atoms with Crippen molar-refractivity contribution in [3.8, 4) is 0 Å². The molecule has 134 valence electrons. The van der Waals surface area contributed by atoms with Gasteiger partial charge < -0.3 is 9.84 Å². The van der Waals surface area contributed by atoms with Gasteiger partial charge in [-0.05, 0) is 24.5 Å². The van der Waals surface area contributed by atoms with Crippen molar-refractivity contribution in [1.29, 1.82) is 0 Å². The van der Waals surface area contributed by atoms with E-state index < -0.39 is 5.60 Å². The Labute approximate surface area is 152 Å². The molecule has 2 aliphatic heterocycles. The van der Waals surface area contributed by atoms with Crippen LogP contribution in [0.15, 0.2) is 55.0 Å². The van der Waals surface area contributed by atoms with Crippen LogP contribution in [-0.2, 0) is 16.9 Å². The highest BCUT2D eigenvalue weighted by molar-refractivity contribution is 5.49. The molecule has 6 nitrogen and oxygen atoms in total. The number of ether oxygens (including phenoxy) is 1. The number of hydrogen-bond donors (Lipinski definition) is 1. The maximum atomic E-state index is 11.5. The normalized spacial score (nSPS) is 29.1. The smallest absolute Gasteiger partial charge is 0.160 e. The monoisotopic (exact) mass is 350 g/mol. The van der Waals surface area contributed by atoms with E-state index in [4.69, 9.17) is 4.74 Å². The molecule has 2 aliphatic rings. The Kier molecular flexibility index (Phi) is 3.77. The van der Waals surface area contributed by atoms with Crippen LogP contribution in [-0.4, -0.2) is 49.9 Å². The van der Waals surface area contributed by atoms with Crippen molar-refractivity contribution < 1.29 is 9.84 Å². The van der Waals surface area contributed by atoms with Crippen molar-refractivity contribution in [2.45, 2.75) is 37.1 Å². The highest BCUT2D eigenvalue weighted by Crippen LogP contribution is 2.42. The van der Waals surface area contributed by atoms with Gasteiger partial charge in [0.25, 0.3) is 0 Å². The quantitative estimate of drug-likeness (QED) is 0.783. The zero-order valence-corrected chi connectivity index (χ0v) is 14.5. The average molecular weight is 350 g/mol. The van der Waals surface area contributed by atoms with E-state index in [1.54, 1.807) is 16.9 Å². The molecule has 2 unspecified atom stereocenters. The van der Waals surface area contributed by atoms with Gasteiger partial charge in [-0.1, -0.05) is 30.3 Å². The minimum Gasteiger partial charge on any atom is -0.385 e. The topological polar surface area (TPSA) is 62.9 Å². The van der Waals surface area contributed by atoms with Gasteiger partial charge in [-0.15, -0.1) is 0 Å². The van der Waals surface area contributed by atoms with Crippen LogP contribution in [0.1, 0.15) is 24.0 Å². The molecule has 1 aromatic carbocycles. The number of rotatable bonds is 3. The Morgan fingerprint density at radius 3 is 2.65 bits per heavy atom. The largest absolute Gasteiger partial charge is 0.385 e. The van der Waals surface area contributed by atoms with Crippen LogP contribution < -0.4 is 0 Å². The number of hydrogen-bond acceptors (Lipinski definition) is 5. The second kappa shape index (κ2) is 6.16. The van der Waals surface area contributed by atoms with Crippen LogP contribution in [0, 0.1) is 0 Å². The van der Waals surface area contributed by atoms with Crippen LogP contribution in [0.2, 0.25) is 0 Å². The summed E-state index contributed by atoms with van der Waals surface area (Å²) in [5.41, 5.74) is 1.95. The van der Waals surface area contributed by atoms with Crippen molar-refractivity contribution in [3.63, 3.8) is 0 Å². The summed E-state index contributed by atoms with van der Waals surface area (Å²) >= 11 is 0. The minimum atomic E-state index is -0.914. The van der Waals surface area contributed by atoms with Crippen molar-refractivity contribution in [2.75, 3.05) is 13.2 Å². The summed E-state index contributed by atoms with van der Waals surface area (Å²) in [6.07, 6.45) is 6.65. The fraction of sp³-hybridized carbons (Fsp3) is 0.400. The fourth-order valence-corrected chi connectivity index (χ4v) is 4.47. The fourth-order valence-electron chi connectivity index (χ4n) is 4.47. The Morgan fingerprint density at radius 2 is 1.88 bits per heavy atom. The van der Waals surface area contributed by atoms with Crippen LogP contribution in [0.5, 0.6) is 0 Å². The summed E-state index contributed by atoms with van der Waals surface area (Å²) < 4.78 is 7.55. The number of benzene rings is 1. The van der Waals surface area contributed by atoms with Gasteiger partial charge in [0, 0.05) is 36.6 Å². The zero-order valence-electron chi connectivity index (χ0n) is 14.5. The number of piperidine rings is 1. The summed E-state index contributed by atoms with van der Waals surface area (Å²) in [5.74, 6) is 0. The van der Waals surface area contributed by atoms with E-state index >= 15 is 0 Å². The first kappa shape index (κ1) is 15.9. The molecule has 26 heavy (non-hydrogen) atoms. The van der Waals surface area contributed by atoms with Crippen molar-refractivity contribution in [2.24, 2.45) is 0 Å². The molecule has 2 saturated heterocycles. The Balaban J connectivity index is 1.46. The van der Waals surface area contributed by atoms with Crippen LogP contribution >= 0.6 is 0 Å². The maximum Gasteiger partial charge on any atom is 0.160 e. The molecule has 2 bridgehead atoms. The summed E-state index contributed by atoms with van der Waals surface area (Å²) in [7, 11) is 0. The molecule has 2 atom stereocenters. The van der Waals surface area contributed by atoms with Crippen LogP contribution in [0.3, 0.4) is 0 Å². The van der Waals surface area contributed by atoms with E-state index in [0.717, 1.165) is 17.8 Å². The van der Waals surface area contributed by atoms with E-state index in [9.17, 15) is 5.11 Å². The van der Waals surface area contributed by atoms with Crippen LogP contribution in [0.25, 0.3) is 5.65 Å². The second-order valence-electron chi connectivity index (χ2n) is 7.39. The van der Waals surface area contributed by atoms with Gasteiger partial charge in [0.15, 0.2) is 5.65 Å². The summed E-state index contributed by atoms with van der Waals surface area (Å²) in [4.78, 5) is 6.93. The number of fused-ring (bicyclic) bond motifs is 3. The summed E-state index contributed by atoms with van der Waals surface area (Å²) in [5, 5.41) is 15.9. The maximum absolute atomic E-state index is 11.5. The van der Waals surface area contributed by atoms with Gasteiger partial charge in [-0.25, -0.2) is 9.50 Å². The van der Waals surface area contributed by atoms with E-state index in [1.807, 2.05) is 18.3 Å². The molecule has 2 aromatic heterocycles. The number of nitrogens with zero attached hydrogens (tertiary/aromatic N) is 4. The second-order valence-corrected chi connectivity index (χ2v) is 7.39. The van der Waals surface area contributed by atoms with Gasteiger partial charge in [-0.2, -0.15) is 5.10 Å². The summed E-state index contributed by atoms with van der Waals surface area (Å²) in [6.45, 7) is 2.19. The Bertz CT molecular complexity index is 896. The predicted octanol–water partition coefficient (Wildman–Crippen LogP) is 1.98. The lowest BCUT2D eigenvalue weighted by Gasteiger charge is -2.51. The highest BCUT2D eigenvalue weighted by atomic mass is 16.5. The highest BCUT2D eigenvalue weighted by Gasteiger charge is 2.48. The van der Waals surface area contributed by atoms with E-state index in [1.165, 1.54) is 5.56 Å².